The van der Waals surface area contributed by atoms with Crippen LogP contribution in [0.4, 0.5) is 10.1 Å². The third-order valence-electron chi connectivity index (χ3n) is 6.82. The van der Waals surface area contributed by atoms with E-state index in [1.54, 1.807) is 17.0 Å². The number of amides is 2. The first-order chi connectivity index (χ1) is 16.1. The van der Waals surface area contributed by atoms with Crippen molar-refractivity contribution >= 4 is 28.5 Å². The molecule has 2 aliphatic rings. The number of anilines is 1. The Bertz CT molecular complexity index is 1150. The molecule has 2 saturated heterocycles. The van der Waals surface area contributed by atoms with Gasteiger partial charge in [-0.05, 0) is 49.2 Å². The van der Waals surface area contributed by atoms with E-state index in [-0.39, 0.29) is 23.5 Å². The van der Waals surface area contributed by atoms with Crippen molar-refractivity contribution in [2.45, 2.75) is 51.0 Å². The summed E-state index contributed by atoms with van der Waals surface area (Å²) in [4.78, 5) is 34.3. The minimum absolute atomic E-state index is 0.00542. The van der Waals surface area contributed by atoms with Crippen LogP contribution in [0.3, 0.4) is 0 Å². The molecule has 7 heteroatoms. The third kappa shape index (κ3) is 4.49. The van der Waals surface area contributed by atoms with Crippen LogP contribution in [-0.4, -0.2) is 45.9 Å². The summed E-state index contributed by atoms with van der Waals surface area (Å²) < 4.78 is 15.5. The first-order valence-corrected chi connectivity index (χ1v) is 11.9. The zero-order valence-electron chi connectivity index (χ0n) is 18.8. The van der Waals surface area contributed by atoms with Crippen LogP contribution in [0.5, 0.6) is 0 Å². The lowest BCUT2D eigenvalue weighted by Crippen LogP contribution is -2.32. The maximum absolute atomic E-state index is 13.3. The summed E-state index contributed by atoms with van der Waals surface area (Å²) >= 11 is 0. The van der Waals surface area contributed by atoms with Gasteiger partial charge in [-0.3, -0.25) is 9.59 Å². The van der Waals surface area contributed by atoms with Gasteiger partial charge in [0.25, 0.3) is 0 Å². The smallest absolute Gasteiger partial charge is 0.227 e. The highest BCUT2D eigenvalue weighted by Crippen LogP contribution is 2.33. The molecule has 0 N–H and O–H groups in total. The van der Waals surface area contributed by atoms with E-state index in [0.29, 0.717) is 31.6 Å². The van der Waals surface area contributed by atoms with Crippen molar-refractivity contribution in [3.05, 3.63) is 60.2 Å². The summed E-state index contributed by atoms with van der Waals surface area (Å²) in [6.45, 7) is 2.74. The number of hydrogen-bond donors (Lipinski definition) is 0. The van der Waals surface area contributed by atoms with Crippen molar-refractivity contribution in [3.63, 3.8) is 0 Å². The maximum Gasteiger partial charge on any atom is 0.227 e. The minimum Gasteiger partial charge on any atom is -0.343 e. The molecule has 1 aromatic heterocycles. The quantitative estimate of drug-likeness (QED) is 0.578. The molecule has 2 aliphatic heterocycles. The van der Waals surface area contributed by atoms with E-state index in [1.165, 1.54) is 25.0 Å². The number of aromatic nitrogens is 2. The highest BCUT2D eigenvalue weighted by molar-refractivity contribution is 5.96. The molecule has 1 atom stereocenters. The fourth-order valence-corrected chi connectivity index (χ4v) is 5.08. The first kappa shape index (κ1) is 21.6. The molecule has 0 aliphatic carbocycles. The number of halogens is 1. The van der Waals surface area contributed by atoms with Crippen LogP contribution in [0, 0.1) is 5.82 Å². The fourth-order valence-electron chi connectivity index (χ4n) is 5.08. The number of benzene rings is 2. The second-order valence-corrected chi connectivity index (χ2v) is 9.04. The fraction of sp³-hybridized carbons (Fsp3) is 0.423. The predicted molar refractivity (Wildman–Crippen MR) is 126 cm³/mol. The molecular formula is C26H29FN4O2. The van der Waals surface area contributed by atoms with Crippen LogP contribution in [0.25, 0.3) is 11.0 Å². The van der Waals surface area contributed by atoms with Gasteiger partial charge in [0.2, 0.25) is 11.8 Å². The Morgan fingerprint density at radius 1 is 1.00 bits per heavy atom. The highest BCUT2D eigenvalue weighted by Gasteiger charge is 2.35. The number of nitrogens with zero attached hydrogens (tertiary/aromatic N) is 4. The van der Waals surface area contributed by atoms with E-state index in [0.717, 1.165) is 42.8 Å². The zero-order chi connectivity index (χ0) is 22.8. The Balaban J connectivity index is 1.38. The van der Waals surface area contributed by atoms with Gasteiger partial charge in [-0.1, -0.05) is 25.0 Å². The lowest BCUT2D eigenvalue weighted by molar-refractivity contribution is -0.131. The number of imidazole rings is 1. The summed E-state index contributed by atoms with van der Waals surface area (Å²) in [6, 6.07) is 14.0. The summed E-state index contributed by atoms with van der Waals surface area (Å²) in [7, 11) is 0. The average molecular weight is 449 g/mol. The number of hydrogen-bond acceptors (Lipinski definition) is 3. The van der Waals surface area contributed by atoms with E-state index in [1.807, 2.05) is 29.2 Å². The highest BCUT2D eigenvalue weighted by atomic mass is 19.1. The molecule has 6 nitrogen and oxygen atoms in total. The third-order valence-corrected chi connectivity index (χ3v) is 6.82. The summed E-state index contributed by atoms with van der Waals surface area (Å²) in [5.41, 5.74) is 2.56. The molecule has 33 heavy (non-hydrogen) atoms. The Labute approximate surface area is 193 Å². The molecule has 0 bridgehead atoms. The van der Waals surface area contributed by atoms with Gasteiger partial charge in [-0.15, -0.1) is 0 Å². The van der Waals surface area contributed by atoms with Crippen molar-refractivity contribution in [2.75, 3.05) is 24.5 Å². The summed E-state index contributed by atoms with van der Waals surface area (Å²) in [5, 5.41) is 0. The molecule has 2 fully saturated rings. The molecule has 2 amide bonds. The number of aryl methyl sites for hydroxylation is 1. The Morgan fingerprint density at radius 3 is 2.48 bits per heavy atom. The molecule has 0 radical (unpaired) electrons. The summed E-state index contributed by atoms with van der Waals surface area (Å²) in [6.07, 6.45) is 5.32. The van der Waals surface area contributed by atoms with E-state index in [4.69, 9.17) is 4.98 Å². The van der Waals surface area contributed by atoms with Crippen molar-refractivity contribution in [2.24, 2.45) is 0 Å². The van der Waals surface area contributed by atoms with Gasteiger partial charge in [0.15, 0.2) is 0 Å². The normalized spacial score (nSPS) is 19.3. The Hall–Kier alpha value is -3.22. The largest absolute Gasteiger partial charge is 0.343 e. The number of carbonyl (C=O) groups is 2. The predicted octanol–water partition coefficient (Wildman–Crippen LogP) is 4.49. The van der Waals surface area contributed by atoms with Crippen LogP contribution in [0.15, 0.2) is 48.5 Å². The van der Waals surface area contributed by atoms with Gasteiger partial charge in [0, 0.05) is 50.6 Å². The average Bonchev–Trinajstić information content (AvgIpc) is 3.26. The van der Waals surface area contributed by atoms with Gasteiger partial charge >= 0.3 is 0 Å². The molecule has 1 unspecified atom stereocenters. The van der Waals surface area contributed by atoms with Gasteiger partial charge in [0.05, 0.1) is 11.0 Å². The molecule has 3 aromatic rings. The number of rotatable bonds is 5. The molecule has 0 spiro atoms. The monoisotopic (exact) mass is 448 g/mol. The lowest BCUT2D eigenvalue weighted by Gasteiger charge is -2.21. The standard InChI is InChI=1S/C26H29FN4O2/c27-20-9-11-21(12-10-20)31-18-19(17-25(31)33)26-28-22-7-3-4-8-23(22)30(26)16-13-24(32)29-14-5-1-2-6-15-29/h3-4,7-12,19H,1-2,5-6,13-18H2. The maximum atomic E-state index is 13.3. The van der Waals surface area contributed by atoms with Crippen molar-refractivity contribution in [1.29, 1.82) is 0 Å². The van der Waals surface area contributed by atoms with Crippen LogP contribution < -0.4 is 4.90 Å². The molecule has 5 rings (SSSR count). The second kappa shape index (κ2) is 9.33. The molecule has 2 aromatic carbocycles. The number of likely N-dealkylation sites (tertiary alicyclic amines) is 1. The van der Waals surface area contributed by atoms with Gasteiger partial charge < -0.3 is 14.4 Å². The Kier molecular flexibility index (Phi) is 6.11. The van der Waals surface area contributed by atoms with Crippen LogP contribution in [0.2, 0.25) is 0 Å². The SMILES string of the molecule is O=C(CCn1c(C2CC(=O)N(c3ccc(F)cc3)C2)nc2ccccc21)N1CCCCCC1. The molecule has 0 saturated carbocycles. The van der Waals surface area contributed by atoms with Crippen LogP contribution in [0.1, 0.15) is 50.3 Å². The van der Waals surface area contributed by atoms with E-state index in [9.17, 15) is 14.0 Å². The van der Waals surface area contributed by atoms with Gasteiger partial charge in [0.1, 0.15) is 11.6 Å². The van der Waals surface area contributed by atoms with Crippen molar-refractivity contribution in [3.8, 4) is 0 Å². The Morgan fingerprint density at radius 2 is 1.73 bits per heavy atom. The second-order valence-electron chi connectivity index (χ2n) is 9.04. The number of para-hydroxylation sites is 2. The zero-order valence-corrected chi connectivity index (χ0v) is 18.8. The van der Waals surface area contributed by atoms with E-state index >= 15 is 0 Å². The summed E-state index contributed by atoms with van der Waals surface area (Å²) in [5.74, 6) is 0.640. The lowest BCUT2D eigenvalue weighted by atomic mass is 10.1. The minimum atomic E-state index is -0.321. The van der Waals surface area contributed by atoms with Crippen molar-refractivity contribution < 1.29 is 14.0 Å². The topological polar surface area (TPSA) is 58.4 Å². The van der Waals surface area contributed by atoms with E-state index < -0.39 is 0 Å². The van der Waals surface area contributed by atoms with E-state index in [2.05, 4.69) is 4.57 Å². The first-order valence-electron chi connectivity index (χ1n) is 11.9. The molecular weight excluding hydrogens is 419 g/mol. The van der Waals surface area contributed by atoms with Crippen molar-refractivity contribution in [1.82, 2.24) is 14.5 Å². The number of fused-ring (bicyclic) bond motifs is 1. The molecule has 3 heterocycles. The van der Waals surface area contributed by atoms with Gasteiger partial charge in [-0.25, -0.2) is 9.37 Å². The number of carbonyl (C=O) groups excluding carboxylic acids is 2. The van der Waals surface area contributed by atoms with Gasteiger partial charge in [-0.2, -0.15) is 0 Å². The van der Waals surface area contributed by atoms with Crippen LogP contribution in [-0.2, 0) is 16.1 Å². The molecule has 172 valence electrons. The van der Waals surface area contributed by atoms with Crippen LogP contribution >= 0.6 is 0 Å².